The molecule has 10 nitrogen and oxygen atoms in total. The molecule has 0 aliphatic rings. The van der Waals surface area contributed by atoms with Gasteiger partial charge in [0, 0.05) is 6.61 Å². The van der Waals surface area contributed by atoms with E-state index in [0.29, 0.717) is 6.61 Å². The normalized spacial score (nSPS) is 13.6. The lowest BCUT2D eigenvalue weighted by molar-refractivity contribution is -0.122. The number of nitrogens with zero attached hydrogens (tertiary/aromatic N) is 2. The van der Waals surface area contributed by atoms with E-state index in [1.165, 1.54) is 0 Å². The molecule has 1 rings (SSSR count). The molecule has 0 spiro atoms. The first-order valence-corrected chi connectivity index (χ1v) is 9.15. The summed E-state index contributed by atoms with van der Waals surface area (Å²) in [7, 11) is 0. The molecule has 4 N–H and O–H groups in total. The van der Waals surface area contributed by atoms with E-state index in [0.717, 1.165) is 12.8 Å². The van der Waals surface area contributed by atoms with Crippen LogP contribution in [-0.2, 0) is 14.3 Å². The summed E-state index contributed by atoms with van der Waals surface area (Å²) in [4.78, 5) is 27.7. The van der Waals surface area contributed by atoms with Crippen LogP contribution in [0.15, 0.2) is 4.52 Å². The van der Waals surface area contributed by atoms with Gasteiger partial charge in [0.05, 0.1) is 19.1 Å². The fourth-order valence-electron chi connectivity index (χ4n) is 2.05. The predicted molar refractivity (Wildman–Crippen MR) is 97.8 cm³/mol. The van der Waals surface area contributed by atoms with Crippen LogP contribution in [0.25, 0.3) is 0 Å². The number of carbonyl (C=O) groups is 2. The number of carbonyl (C=O) groups excluding carboxylic acids is 2. The number of hydrogen-bond acceptors (Lipinski definition) is 8. The van der Waals surface area contributed by atoms with E-state index in [1.54, 1.807) is 20.8 Å². The van der Waals surface area contributed by atoms with Crippen LogP contribution in [-0.4, -0.2) is 47.8 Å². The molecule has 0 aromatic carbocycles. The molecule has 28 heavy (non-hydrogen) atoms. The number of hydrogen-bond donors (Lipinski definition) is 3. The summed E-state index contributed by atoms with van der Waals surface area (Å²) in [5.74, 6) is -0.451. The van der Waals surface area contributed by atoms with E-state index in [4.69, 9.17) is 19.7 Å². The fraction of sp³-hybridized carbons (Fsp3) is 0.765. The first kappa shape index (κ1) is 23.8. The molecule has 0 bridgehead atoms. The lowest BCUT2D eigenvalue weighted by Crippen LogP contribution is -2.37. The van der Waals surface area contributed by atoms with Gasteiger partial charge in [-0.25, -0.2) is 9.18 Å². The van der Waals surface area contributed by atoms with Crippen molar-refractivity contribution >= 4 is 12.0 Å². The third kappa shape index (κ3) is 9.09. The van der Waals surface area contributed by atoms with E-state index < -0.39 is 36.5 Å². The van der Waals surface area contributed by atoms with Crippen LogP contribution in [0.4, 0.5) is 9.18 Å². The number of halogens is 1. The summed E-state index contributed by atoms with van der Waals surface area (Å²) in [5, 5.41) is 8.45. The molecule has 2 amide bonds. The smallest absolute Gasteiger partial charge is 0.408 e. The van der Waals surface area contributed by atoms with Gasteiger partial charge in [0.15, 0.2) is 12.6 Å². The van der Waals surface area contributed by atoms with Gasteiger partial charge >= 0.3 is 6.09 Å². The number of rotatable bonds is 11. The minimum Gasteiger partial charge on any atom is -0.444 e. The maximum atomic E-state index is 12.1. The minimum absolute atomic E-state index is 0.00597. The Bertz CT molecular complexity index is 619. The van der Waals surface area contributed by atoms with Gasteiger partial charge in [-0.2, -0.15) is 4.98 Å². The molecule has 0 aliphatic heterocycles. The van der Waals surface area contributed by atoms with E-state index in [9.17, 15) is 14.0 Å². The first-order chi connectivity index (χ1) is 13.2. The topological polar surface area (TPSA) is 142 Å². The van der Waals surface area contributed by atoms with Gasteiger partial charge in [0.2, 0.25) is 11.8 Å². The number of alkyl carbamates (subject to hydrolysis) is 1. The highest BCUT2D eigenvalue weighted by Gasteiger charge is 2.26. The maximum absolute atomic E-state index is 12.1. The number of ether oxygens (including phenoxy) is 2. The van der Waals surface area contributed by atoms with Gasteiger partial charge in [-0.05, 0) is 27.2 Å². The lowest BCUT2D eigenvalue weighted by atomic mass is 10.2. The van der Waals surface area contributed by atoms with Crippen LogP contribution < -0.4 is 16.4 Å². The van der Waals surface area contributed by atoms with Crippen molar-refractivity contribution in [3.05, 3.63) is 11.7 Å². The van der Waals surface area contributed by atoms with Crippen LogP contribution in [0.5, 0.6) is 0 Å². The molecule has 2 atom stereocenters. The van der Waals surface area contributed by atoms with Crippen molar-refractivity contribution in [2.24, 2.45) is 5.73 Å². The summed E-state index contributed by atoms with van der Waals surface area (Å²) in [6.45, 7) is 6.89. The van der Waals surface area contributed by atoms with Crippen molar-refractivity contribution in [2.75, 3.05) is 20.0 Å². The molecule has 1 heterocycles. The second kappa shape index (κ2) is 11.5. The maximum Gasteiger partial charge on any atom is 0.408 e. The van der Waals surface area contributed by atoms with Gasteiger partial charge in [-0.15, -0.1) is 0 Å². The van der Waals surface area contributed by atoms with E-state index in [-0.39, 0.29) is 24.7 Å². The van der Waals surface area contributed by atoms with Gasteiger partial charge < -0.3 is 30.4 Å². The van der Waals surface area contributed by atoms with Gasteiger partial charge in [0.1, 0.15) is 11.6 Å². The van der Waals surface area contributed by atoms with E-state index >= 15 is 0 Å². The number of amides is 2. The summed E-state index contributed by atoms with van der Waals surface area (Å²) in [6, 6.07) is -1.63. The monoisotopic (exact) mass is 403 g/mol. The predicted octanol–water partition coefficient (Wildman–Crippen LogP) is 1.89. The third-order valence-electron chi connectivity index (χ3n) is 3.37. The largest absolute Gasteiger partial charge is 0.444 e. The standard InChI is InChI=1S/C17H30FN5O5/c1-5-6-7-26-9-12(21-16(25)27-17(2,3)4)14-22-15(28-23-14)11(19)8-13(24)20-10-18/h11-12H,5-10,19H2,1-4H3,(H,20,24)(H,21,25)/t11-,12-/m0/s1. The zero-order valence-corrected chi connectivity index (χ0v) is 16.8. The number of nitrogens with two attached hydrogens (primary N) is 1. The summed E-state index contributed by atoms with van der Waals surface area (Å²) in [6.07, 6.45) is 0.954. The second-order valence-electron chi connectivity index (χ2n) is 7.16. The van der Waals surface area contributed by atoms with E-state index in [1.807, 2.05) is 12.2 Å². The molecule has 0 unspecified atom stereocenters. The zero-order chi connectivity index (χ0) is 21.2. The van der Waals surface area contributed by atoms with Crippen LogP contribution in [0.3, 0.4) is 0 Å². The average molecular weight is 403 g/mol. The van der Waals surface area contributed by atoms with E-state index in [2.05, 4.69) is 15.5 Å². The van der Waals surface area contributed by atoms with Crippen LogP contribution in [0, 0.1) is 0 Å². The Labute approximate surface area is 163 Å². The Balaban J connectivity index is 2.81. The fourth-order valence-corrected chi connectivity index (χ4v) is 2.05. The van der Waals surface area contributed by atoms with Crippen molar-refractivity contribution in [3.63, 3.8) is 0 Å². The number of aromatic nitrogens is 2. The molecule has 0 aliphatic carbocycles. The van der Waals surface area contributed by atoms with Crippen LogP contribution in [0.1, 0.15) is 70.8 Å². The number of nitrogens with one attached hydrogen (secondary N) is 2. The molecule has 11 heteroatoms. The average Bonchev–Trinajstić information content (AvgIpc) is 3.06. The SMILES string of the molecule is CCCCOC[C@H](NC(=O)OC(C)(C)C)c1noc([C@@H](N)CC(=O)NCF)n1. The van der Waals surface area contributed by atoms with Crippen molar-refractivity contribution in [3.8, 4) is 0 Å². The van der Waals surface area contributed by atoms with Crippen molar-refractivity contribution in [2.45, 2.75) is 64.6 Å². The zero-order valence-electron chi connectivity index (χ0n) is 16.8. The molecular formula is C17H30FN5O5. The van der Waals surface area contributed by atoms with Crippen LogP contribution >= 0.6 is 0 Å². The molecule has 0 fully saturated rings. The molecule has 1 aromatic rings. The highest BCUT2D eigenvalue weighted by atomic mass is 19.1. The Morgan fingerprint density at radius 1 is 1.36 bits per heavy atom. The second-order valence-corrected chi connectivity index (χ2v) is 7.16. The molecule has 160 valence electrons. The molecular weight excluding hydrogens is 373 g/mol. The summed E-state index contributed by atoms with van der Waals surface area (Å²) in [5.41, 5.74) is 5.17. The third-order valence-corrected chi connectivity index (χ3v) is 3.37. The Morgan fingerprint density at radius 3 is 2.68 bits per heavy atom. The minimum atomic E-state index is -0.988. The van der Waals surface area contributed by atoms with Crippen molar-refractivity contribution in [1.82, 2.24) is 20.8 Å². The van der Waals surface area contributed by atoms with Crippen molar-refractivity contribution in [1.29, 1.82) is 0 Å². The molecule has 0 radical (unpaired) electrons. The Morgan fingerprint density at radius 2 is 2.07 bits per heavy atom. The number of unbranched alkanes of at least 4 members (excludes halogenated alkanes) is 1. The van der Waals surface area contributed by atoms with Crippen molar-refractivity contribution < 1.29 is 28.0 Å². The Kier molecular flexibility index (Phi) is 9.80. The molecule has 0 saturated carbocycles. The first-order valence-electron chi connectivity index (χ1n) is 9.15. The highest BCUT2D eigenvalue weighted by molar-refractivity contribution is 5.76. The van der Waals surface area contributed by atoms with Gasteiger partial charge in [-0.3, -0.25) is 4.79 Å². The van der Waals surface area contributed by atoms with Gasteiger partial charge in [0.25, 0.3) is 0 Å². The highest BCUT2D eigenvalue weighted by Crippen LogP contribution is 2.17. The lowest BCUT2D eigenvalue weighted by Gasteiger charge is -2.22. The molecule has 1 aromatic heterocycles. The van der Waals surface area contributed by atoms with Gasteiger partial charge in [-0.1, -0.05) is 18.5 Å². The summed E-state index contributed by atoms with van der Waals surface area (Å²) >= 11 is 0. The summed E-state index contributed by atoms with van der Waals surface area (Å²) < 4.78 is 28.0. The van der Waals surface area contributed by atoms with Crippen LogP contribution in [0.2, 0.25) is 0 Å². The Hall–Kier alpha value is -2.27. The number of alkyl halides is 1. The quantitative estimate of drug-likeness (QED) is 0.376. The molecule has 0 saturated heterocycles.